The molecule has 0 aliphatic heterocycles. The number of hydrogen-bond acceptors (Lipinski definition) is 2. The highest BCUT2D eigenvalue weighted by Crippen LogP contribution is 2.62. The Labute approximate surface area is 398 Å². The topological polar surface area (TPSA) is 16.4 Å². The van der Waals surface area contributed by atoms with Crippen LogP contribution in [0.4, 0.5) is 17.1 Å². The van der Waals surface area contributed by atoms with E-state index < -0.39 is 5.41 Å². The Morgan fingerprint density at radius 1 is 0.382 bits per heavy atom. The largest absolute Gasteiger partial charge is 0.456 e. The zero-order chi connectivity index (χ0) is 45.6. The number of aryl methyl sites for hydroxylation is 1. The molecule has 2 aliphatic rings. The molecule has 10 aromatic carbocycles. The first kappa shape index (κ1) is 40.1. The lowest BCUT2D eigenvalue weighted by Gasteiger charge is -2.46. The zero-order valence-electron chi connectivity index (χ0n) is 38.5. The maximum Gasteiger partial charge on any atom is 0.138 e. The van der Waals surface area contributed by atoms with Gasteiger partial charge in [-0.2, -0.15) is 0 Å². The van der Waals surface area contributed by atoms with E-state index >= 15 is 0 Å². The van der Waals surface area contributed by atoms with Crippen LogP contribution in [0.15, 0.2) is 235 Å². The minimum atomic E-state index is -0.503. The van der Waals surface area contributed by atoms with Crippen LogP contribution in [0.2, 0.25) is 0 Å². The molecule has 0 amide bonds. The lowest BCUT2D eigenvalue weighted by Crippen LogP contribution is -2.40. The molecule has 0 saturated heterocycles. The summed E-state index contributed by atoms with van der Waals surface area (Å²) in [7, 11) is 0. The fourth-order valence-corrected chi connectivity index (χ4v) is 12.0. The lowest BCUT2D eigenvalue weighted by molar-refractivity contribution is 0.563. The first-order chi connectivity index (χ1) is 33.4. The minimum absolute atomic E-state index is 0.172. The van der Waals surface area contributed by atoms with Crippen molar-refractivity contribution in [2.24, 2.45) is 0 Å². The molecule has 2 aliphatic carbocycles. The molecule has 1 aromatic heterocycles. The molecule has 0 bridgehead atoms. The monoisotopic (exact) mass is 871 g/mol. The molecule has 2 nitrogen and oxygen atoms in total. The van der Waals surface area contributed by atoms with E-state index in [1.807, 2.05) is 6.07 Å². The van der Waals surface area contributed by atoms with E-state index in [-0.39, 0.29) is 5.41 Å². The predicted molar refractivity (Wildman–Crippen MR) is 284 cm³/mol. The van der Waals surface area contributed by atoms with Crippen molar-refractivity contribution in [3.63, 3.8) is 0 Å². The van der Waals surface area contributed by atoms with Gasteiger partial charge < -0.3 is 9.32 Å². The van der Waals surface area contributed by atoms with Gasteiger partial charge in [0.1, 0.15) is 11.3 Å². The highest BCUT2D eigenvalue weighted by atomic mass is 16.3. The molecule has 0 radical (unpaired) electrons. The molecule has 0 unspecified atom stereocenters. The molecule has 0 fully saturated rings. The van der Waals surface area contributed by atoms with Crippen molar-refractivity contribution >= 4 is 38.8 Å². The molecule has 68 heavy (non-hydrogen) atoms. The van der Waals surface area contributed by atoms with Crippen molar-refractivity contribution in [2.45, 2.75) is 38.0 Å². The van der Waals surface area contributed by atoms with E-state index in [0.29, 0.717) is 0 Å². The van der Waals surface area contributed by atoms with Crippen LogP contribution in [-0.4, -0.2) is 0 Å². The number of para-hydroxylation sites is 1. The van der Waals surface area contributed by atoms with Gasteiger partial charge in [0.15, 0.2) is 0 Å². The maximum atomic E-state index is 6.56. The van der Waals surface area contributed by atoms with Gasteiger partial charge in [-0.1, -0.05) is 191 Å². The summed E-state index contributed by atoms with van der Waals surface area (Å²) in [5, 5.41) is 3.65. The van der Waals surface area contributed by atoms with Crippen LogP contribution >= 0.6 is 0 Å². The Morgan fingerprint density at radius 2 is 0.941 bits per heavy atom. The summed E-state index contributed by atoms with van der Waals surface area (Å²) in [6.07, 6.45) is 0.889. The summed E-state index contributed by atoms with van der Waals surface area (Å²) in [6, 6.07) is 85.3. The molecule has 1 spiro atoms. The van der Waals surface area contributed by atoms with Gasteiger partial charge in [0.25, 0.3) is 0 Å². The third-order valence-electron chi connectivity index (χ3n) is 15.2. The molecule has 1 heterocycles. The van der Waals surface area contributed by atoms with E-state index in [1.165, 1.54) is 88.5 Å². The van der Waals surface area contributed by atoms with Gasteiger partial charge in [0, 0.05) is 39.0 Å². The van der Waals surface area contributed by atoms with Gasteiger partial charge in [-0.15, -0.1) is 0 Å². The number of benzene rings is 10. The van der Waals surface area contributed by atoms with Crippen LogP contribution in [0, 0.1) is 0 Å². The molecule has 2 heteroatoms. The fraction of sp³-hybridized carbons (Fsp3) is 0.0909. The molecule has 0 atom stereocenters. The summed E-state index contributed by atoms with van der Waals surface area (Å²) >= 11 is 0. The molecular formula is C66H49NO. The second-order valence-electron chi connectivity index (χ2n) is 19.0. The number of rotatable bonds is 7. The molecule has 11 aromatic rings. The van der Waals surface area contributed by atoms with Crippen molar-refractivity contribution in [3.8, 4) is 44.7 Å². The Balaban J connectivity index is 0.988. The summed E-state index contributed by atoms with van der Waals surface area (Å²) < 4.78 is 6.56. The van der Waals surface area contributed by atoms with Gasteiger partial charge in [0.05, 0.1) is 5.41 Å². The summed E-state index contributed by atoms with van der Waals surface area (Å²) in [5.74, 6) is 0.942. The quantitative estimate of drug-likeness (QED) is 0.159. The van der Waals surface area contributed by atoms with Crippen molar-refractivity contribution < 1.29 is 4.42 Å². The van der Waals surface area contributed by atoms with Gasteiger partial charge in [-0.05, 0) is 145 Å². The van der Waals surface area contributed by atoms with Gasteiger partial charge in [0.2, 0.25) is 0 Å². The van der Waals surface area contributed by atoms with Gasteiger partial charge in [-0.3, -0.25) is 0 Å². The Bertz CT molecular complexity index is 3690. The number of anilines is 3. The van der Waals surface area contributed by atoms with E-state index in [4.69, 9.17) is 4.42 Å². The molecule has 13 rings (SSSR count). The van der Waals surface area contributed by atoms with E-state index in [2.05, 4.69) is 250 Å². The van der Waals surface area contributed by atoms with Crippen LogP contribution < -0.4 is 4.90 Å². The number of nitrogens with zero attached hydrogens (tertiary/aromatic N) is 1. The highest BCUT2D eigenvalue weighted by molar-refractivity contribution is 5.99. The van der Waals surface area contributed by atoms with E-state index in [9.17, 15) is 0 Å². The smallest absolute Gasteiger partial charge is 0.138 e. The summed E-state index contributed by atoms with van der Waals surface area (Å²) in [6.45, 7) is 6.99. The predicted octanol–water partition coefficient (Wildman–Crippen LogP) is 17.6. The fourth-order valence-electron chi connectivity index (χ4n) is 12.0. The maximum absolute atomic E-state index is 6.56. The highest BCUT2D eigenvalue weighted by Gasteiger charge is 2.53. The SMILES string of the molecule is CCc1c(-c2ccc(N(c3ccc(-c4cccc5cc(-c6ccccc6)ccc45)cc3)c3ccc4c(c3)C3(c5ccccc5-4)c4ccccc4C(C)(C)c4ccccc43)cc2)oc2ccccc12. The van der Waals surface area contributed by atoms with Gasteiger partial charge >= 0.3 is 0 Å². The van der Waals surface area contributed by atoms with E-state index in [0.717, 1.165) is 40.4 Å². The Kier molecular flexibility index (Phi) is 9.11. The van der Waals surface area contributed by atoms with Crippen LogP contribution in [-0.2, 0) is 17.3 Å². The van der Waals surface area contributed by atoms with E-state index in [1.54, 1.807) is 0 Å². The van der Waals surface area contributed by atoms with Crippen molar-refractivity contribution in [1.82, 2.24) is 0 Å². The first-order valence-electron chi connectivity index (χ1n) is 24.0. The second kappa shape index (κ2) is 15.4. The number of fused-ring (bicyclic) bond motifs is 11. The van der Waals surface area contributed by atoms with Gasteiger partial charge in [-0.25, -0.2) is 0 Å². The Morgan fingerprint density at radius 3 is 1.65 bits per heavy atom. The zero-order valence-corrected chi connectivity index (χ0v) is 38.5. The summed E-state index contributed by atoms with van der Waals surface area (Å²) in [5.41, 5.74) is 21.4. The number of furan rings is 1. The third kappa shape index (κ3) is 5.90. The lowest BCUT2D eigenvalue weighted by atomic mass is 9.55. The molecular weight excluding hydrogens is 823 g/mol. The first-order valence-corrected chi connectivity index (χ1v) is 24.0. The van der Waals surface area contributed by atoms with Crippen LogP contribution in [0.3, 0.4) is 0 Å². The van der Waals surface area contributed by atoms with Crippen molar-refractivity contribution in [1.29, 1.82) is 0 Å². The third-order valence-corrected chi connectivity index (χ3v) is 15.2. The Hall–Kier alpha value is -8.20. The minimum Gasteiger partial charge on any atom is -0.456 e. The van der Waals surface area contributed by atoms with Crippen LogP contribution in [0.25, 0.3) is 66.4 Å². The normalized spacial score (nSPS) is 13.8. The number of hydrogen-bond donors (Lipinski definition) is 0. The summed E-state index contributed by atoms with van der Waals surface area (Å²) in [4.78, 5) is 2.43. The average molecular weight is 872 g/mol. The average Bonchev–Trinajstić information content (AvgIpc) is 3.92. The van der Waals surface area contributed by atoms with Crippen molar-refractivity contribution in [2.75, 3.05) is 4.90 Å². The van der Waals surface area contributed by atoms with Crippen LogP contribution in [0.5, 0.6) is 0 Å². The van der Waals surface area contributed by atoms with Crippen LogP contribution in [0.1, 0.15) is 59.7 Å². The second-order valence-corrected chi connectivity index (χ2v) is 19.0. The standard InChI is InChI=1S/C66H49NO/c1-4-51-56-21-9-15-28-63(56)68-64(51)45-31-36-49(37-32-45)67(48-34-29-44(30-35-48)52-22-16-19-47-41-46(33-39-53(47)52)43-17-6-5-7-18-43)50-38-40-55-54-20-8-10-23-57(54)66(62(55)42-50)60-26-13-11-24-58(60)65(2,3)59-25-12-14-27-61(59)66/h5-42H,4H2,1-3H3. The molecule has 324 valence electrons. The molecule has 0 N–H and O–H groups in total. The van der Waals surface area contributed by atoms with Crippen molar-refractivity contribution in [3.05, 3.63) is 269 Å². The molecule has 0 saturated carbocycles.